The first-order valence-corrected chi connectivity index (χ1v) is 9.58. The average molecular weight is 361 g/mol. The van der Waals surface area contributed by atoms with Crippen molar-refractivity contribution < 1.29 is 17.9 Å². The molecule has 1 fully saturated rings. The van der Waals surface area contributed by atoms with Crippen LogP contribution in [0.4, 0.5) is 0 Å². The molecule has 1 aromatic rings. The van der Waals surface area contributed by atoms with Crippen molar-refractivity contribution >= 4 is 21.6 Å². The highest BCUT2D eigenvalue weighted by Gasteiger charge is 2.32. The third-order valence-electron chi connectivity index (χ3n) is 4.19. The first kappa shape index (κ1) is 16.8. The van der Waals surface area contributed by atoms with Crippen molar-refractivity contribution in [1.82, 2.24) is 9.62 Å². The van der Waals surface area contributed by atoms with Gasteiger partial charge in [0.1, 0.15) is 18.1 Å². The van der Waals surface area contributed by atoms with Crippen molar-refractivity contribution in [3.8, 4) is 11.5 Å². The van der Waals surface area contributed by atoms with E-state index in [9.17, 15) is 8.42 Å². The fraction of sp³-hybridized carbons (Fsp3) is 0.600. The second-order valence-corrected chi connectivity index (χ2v) is 8.17. The Morgan fingerprint density at radius 1 is 1.30 bits per heavy atom. The maximum atomic E-state index is 13.0. The van der Waals surface area contributed by atoms with E-state index in [0.717, 1.165) is 19.4 Å². The second kappa shape index (κ2) is 6.84. The summed E-state index contributed by atoms with van der Waals surface area (Å²) < 4.78 is 38.4. The summed E-state index contributed by atoms with van der Waals surface area (Å²) in [6.07, 6.45) is 1.88. The fourth-order valence-corrected chi connectivity index (χ4v) is 5.14. The van der Waals surface area contributed by atoms with Crippen LogP contribution in [0.1, 0.15) is 12.8 Å². The molecule has 0 saturated carbocycles. The average Bonchev–Trinajstić information content (AvgIpc) is 2.54. The van der Waals surface area contributed by atoms with Crippen LogP contribution in [0.3, 0.4) is 0 Å². The third kappa shape index (κ3) is 3.42. The van der Waals surface area contributed by atoms with Crippen molar-refractivity contribution in [3.63, 3.8) is 0 Å². The minimum atomic E-state index is -3.64. The van der Waals surface area contributed by atoms with Gasteiger partial charge in [-0.3, -0.25) is 0 Å². The highest BCUT2D eigenvalue weighted by atomic mass is 35.5. The summed E-state index contributed by atoms with van der Waals surface area (Å²) in [7, 11) is -1.76. The largest absolute Gasteiger partial charge is 0.486 e. The summed E-state index contributed by atoms with van der Waals surface area (Å²) in [4.78, 5) is 0.0912. The van der Waals surface area contributed by atoms with Crippen molar-refractivity contribution in [2.75, 3.05) is 39.9 Å². The Morgan fingerprint density at radius 3 is 2.70 bits per heavy atom. The molecule has 1 N–H and O–H groups in total. The molecule has 1 aromatic carbocycles. The Balaban J connectivity index is 1.90. The van der Waals surface area contributed by atoms with Gasteiger partial charge in [-0.25, -0.2) is 8.42 Å². The molecule has 2 heterocycles. The van der Waals surface area contributed by atoms with E-state index in [4.69, 9.17) is 21.1 Å². The SMILES string of the molecule is CNCC1CCCN(S(=O)(=O)c2cc3c(cc2Cl)OCCO3)C1. The van der Waals surface area contributed by atoms with E-state index in [1.165, 1.54) is 16.4 Å². The zero-order valence-electron chi connectivity index (χ0n) is 13.0. The van der Waals surface area contributed by atoms with Gasteiger partial charge in [-0.05, 0) is 32.4 Å². The molecule has 1 unspecified atom stereocenters. The molecule has 6 nitrogen and oxygen atoms in total. The molecule has 23 heavy (non-hydrogen) atoms. The Labute approximate surface area is 141 Å². The number of nitrogens with zero attached hydrogens (tertiary/aromatic N) is 1. The minimum Gasteiger partial charge on any atom is -0.486 e. The number of rotatable bonds is 4. The van der Waals surface area contributed by atoms with Gasteiger partial charge in [-0.1, -0.05) is 11.6 Å². The number of sulfonamides is 1. The number of hydrogen-bond donors (Lipinski definition) is 1. The predicted octanol–water partition coefficient (Wildman–Crippen LogP) is 1.73. The van der Waals surface area contributed by atoms with Gasteiger partial charge in [-0.2, -0.15) is 4.31 Å². The number of halogens is 1. The first-order chi connectivity index (χ1) is 11.0. The van der Waals surface area contributed by atoms with Gasteiger partial charge in [-0.15, -0.1) is 0 Å². The van der Waals surface area contributed by atoms with Crippen molar-refractivity contribution in [2.45, 2.75) is 17.7 Å². The molecular weight excluding hydrogens is 340 g/mol. The van der Waals surface area contributed by atoms with E-state index in [1.54, 1.807) is 0 Å². The number of fused-ring (bicyclic) bond motifs is 1. The molecule has 8 heteroatoms. The molecule has 128 valence electrons. The molecular formula is C15H21ClN2O4S. The smallest absolute Gasteiger partial charge is 0.244 e. The van der Waals surface area contributed by atoms with Gasteiger partial charge >= 0.3 is 0 Å². The predicted molar refractivity (Wildman–Crippen MR) is 87.9 cm³/mol. The van der Waals surface area contributed by atoms with Crippen molar-refractivity contribution in [3.05, 3.63) is 17.2 Å². The first-order valence-electron chi connectivity index (χ1n) is 7.76. The Morgan fingerprint density at radius 2 is 2.00 bits per heavy atom. The normalized spacial score (nSPS) is 22.1. The van der Waals surface area contributed by atoms with Gasteiger partial charge in [0, 0.05) is 25.2 Å². The highest BCUT2D eigenvalue weighted by Crippen LogP contribution is 2.38. The summed E-state index contributed by atoms with van der Waals surface area (Å²) in [5.41, 5.74) is 0. The van der Waals surface area contributed by atoms with E-state index >= 15 is 0 Å². The van der Waals surface area contributed by atoms with Gasteiger partial charge < -0.3 is 14.8 Å². The van der Waals surface area contributed by atoms with Crippen LogP contribution in [0.25, 0.3) is 0 Å². The number of hydrogen-bond acceptors (Lipinski definition) is 5. The molecule has 0 spiro atoms. The maximum absolute atomic E-state index is 13.0. The van der Waals surface area contributed by atoms with E-state index < -0.39 is 10.0 Å². The quantitative estimate of drug-likeness (QED) is 0.885. The highest BCUT2D eigenvalue weighted by molar-refractivity contribution is 7.89. The lowest BCUT2D eigenvalue weighted by Crippen LogP contribution is -2.42. The van der Waals surface area contributed by atoms with E-state index in [1.807, 2.05) is 7.05 Å². The molecule has 1 atom stereocenters. The molecule has 0 amide bonds. The van der Waals surface area contributed by atoms with Crippen LogP contribution in [-0.2, 0) is 10.0 Å². The van der Waals surface area contributed by atoms with Gasteiger partial charge in [0.2, 0.25) is 10.0 Å². The van der Waals surface area contributed by atoms with Gasteiger partial charge in [0.25, 0.3) is 0 Å². The summed E-state index contributed by atoms with van der Waals surface area (Å²) in [6, 6.07) is 3.01. The van der Waals surface area contributed by atoms with Crippen LogP contribution in [0.15, 0.2) is 17.0 Å². The van der Waals surface area contributed by atoms with Crippen LogP contribution in [0, 0.1) is 5.92 Å². The Hall–Kier alpha value is -1.02. The van der Waals surface area contributed by atoms with Crippen LogP contribution in [0.2, 0.25) is 5.02 Å². The number of ether oxygens (including phenoxy) is 2. The number of benzene rings is 1. The zero-order chi connectivity index (χ0) is 16.4. The van der Waals surface area contributed by atoms with E-state index in [-0.39, 0.29) is 9.92 Å². The van der Waals surface area contributed by atoms with Gasteiger partial charge in [0.05, 0.1) is 5.02 Å². The number of piperidine rings is 1. The lowest BCUT2D eigenvalue weighted by atomic mass is 10.00. The lowest BCUT2D eigenvalue weighted by Gasteiger charge is -2.32. The standard InChI is InChI=1S/C15H21ClN2O4S/c1-17-9-11-3-2-4-18(10-11)23(19,20)15-8-14-13(7-12(15)16)21-5-6-22-14/h7-8,11,17H,2-6,9-10H2,1H3. The third-order valence-corrected chi connectivity index (χ3v) is 6.52. The molecule has 0 radical (unpaired) electrons. The van der Waals surface area contributed by atoms with Crippen molar-refractivity contribution in [2.24, 2.45) is 5.92 Å². The molecule has 2 aliphatic heterocycles. The summed E-state index contributed by atoms with van der Waals surface area (Å²) >= 11 is 6.21. The molecule has 0 aromatic heterocycles. The molecule has 0 aliphatic carbocycles. The maximum Gasteiger partial charge on any atom is 0.244 e. The zero-order valence-corrected chi connectivity index (χ0v) is 14.6. The number of nitrogens with one attached hydrogen (secondary N) is 1. The Kier molecular flexibility index (Phi) is 5.01. The lowest BCUT2D eigenvalue weighted by molar-refractivity contribution is 0.171. The fourth-order valence-electron chi connectivity index (χ4n) is 3.08. The molecule has 2 aliphatic rings. The topological polar surface area (TPSA) is 67.9 Å². The summed E-state index contributed by atoms with van der Waals surface area (Å²) in [5, 5.41) is 3.29. The summed E-state index contributed by atoms with van der Waals surface area (Å²) in [5.74, 6) is 1.24. The second-order valence-electron chi connectivity index (χ2n) is 5.86. The molecule has 3 rings (SSSR count). The Bertz CT molecular complexity index is 678. The molecule has 0 bridgehead atoms. The van der Waals surface area contributed by atoms with Crippen LogP contribution in [0.5, 0.6) is 11.5 Å². The summed E-state index contributed by atoms with van der Waals surface area (Å²) in [6.45, 7) is 2.68. The van der Waals surface area contributed by atoms with Crippen LogP contribution < -0.4 is 14.8 Å². The van der Waals surface area contributed by atoms with Gasteiger partial charge in [0.15, 0.2) is 11.5 Å². The van der Waals surface area contributed by atoms with E-state index in [2.05, 4.69) is 5.32 Å². The minimum absolute atomic E-state index is 0.0912. The van der Waals surface area contributed by atoms with E-state index in [0.29, 0.717) is 43.7 Å². The molecule has 1 saturated heterocycles. The monoisotopic (exact) mass is 360 g/mol. The van der Waals surface area contributed by atoms with Crippen LogP contribution >= 0.6 is 11.6 Å². The van der Waals surface area contributed by atoms with Crippen LogP contribution in [-0.4, -0.2) is 52.6 Å². The van der Waals surface area contributed by atoms with Crippen molar-refractivity contribution in [1.29, 1.82) is 0 Å².